The third-order valence-corrected chi connectivity index (χ3v) is 4.76. The highest BCUT2D eigenvalue weighted by Crippen LogP contribution is 2.29. The molecule has 1 atom stereocenters. The number of nitrogens with one attached hydrogen (secondary N) is 1. The Hall–Kier alpha value is -2.89. The van der Waals surface area contributed by atoms with E-state index in [1.165, 1.54) is 17.3 Å². The fourth-order valence-corrected chi connectivity index (χ4v) is 3.33. The van der Waals surface area contributed by atoms with Crippen molar-refractivity contribution in [2.75, 3.05) is 18.0 Å². The summed E-state index contributed by atoms with van der Waals surface area (Å²) in [6.45, 7) is 5.09. The first-order valence-corrected chi connectivity index (χ1v) is 8.35. The van der Waals surface area contributed by atoms with Gasteiger partial charge in [-0.15, -0.1) is 0 Å². The molecular weight excluding hydrogens is 318 g/mol. The van der Waals surface area contributed by atoms with Crippen molar-refractivity contribution in [1.82, 2.24) is 5.32 Å². The van der Waals surface area contributed by atoms with Crippen molar-refractivity contribution in [2.45, 2.75) is 26.3 Å². The van der Waals surface area contributed by atoms with Crippen molar-refractivity contribution in [1.29, 1.82) is 0 Å². The first kappa shape index (κ1) is 17.0. The predicted octanol–water partition coefficient (Wildman–Crippen LogP) is 3.08. The summed E-state index contributed by atoms with van der Waals surface area (Å²) in [5.74, 6) is -0.277. The molecular formula is C19H21N3O3. The highest BCUT2D eigenvalue weighted by molar-refractivity contribution is 5.96. The predicted molar refractivity (Wildman–Crippen MR) is 97.1 cm³/mol. The Morgan fingerprint density at radius 1 is 1.28 bits per heavy atom. The van der Waals surface area contributed by atoms with E-state index in [1.807, 2.05) is 12.1 Å². The Labute approximate surface area is 146 Å². The molecule has 130 valence electrons. The lowest BCUT2D eigenvalue weighted by Gasteiger charge is -2.27. The topological polar surface area (TPSA) is 75.5 Å². The molecule has 6 heteroatoms. The molecule has 1 amide bonds. The first-order chi connectivity index (χ1) is 12.0. The van der Waals surface area contributed by atoms with Gasteiger partial charge in [0.25, 0.3) is 11.6 Å². The summed E-state index contributed by atoms with van der Waals surface area (Å²) in [6, 6.07) is 13.0. The second-order valence-electron chi connectivity index (χ2n) is 6.34. The summed E-state index contributed by atoms with van der Waals surface area (Å²) < 4.78 is 0. The van der Waals surface area contributed by atoms with Crippen LogP contribution in [0.3, 0.4) is 0 Å². The van der Waals surface area contributed by atoms with E-state index >= 15 is 0 Å². The number of nitrogens with zero attached hydrogens (tertiary/aromatic N) is 2. The third kappa shape index (κ3) is 3.33. The van der Waals surface area contributed by atoms with Gasteiger partial charge in [0.15, 0.2) is 0 Å². The van der Waals surface area contributed by atoms with E-state index in [2.05, 4.69) is 29.3 Å². The number of carbonyl (C=O) groups is 1. The van der Waals surface area contributed by atoms with E-state index in [0.717, 1.165) is 13.0 Å². The molecule has 0 saturated carbocycles. The van der Waals surface area contributed by atoms with E-state index in [-0.39, 0.29) is 17.6 Å². The first-order valence-electron chi connectivity index (χ1n) is 8.35. The van der Waals surface area contributed by atoms with Crippen molar-refractivity contribution in [2.24, 2.45) is 0 Å². The van der Waals surface area contributed by atoms with Crippen molar-refractivity contribution in [3.63, 3.8) is 0 Å². The highest BCUT2D eigenvalue weighted by atomic mass is 16.6. The third-order valence-electron chi connectivity index (χ3n) is 4.76. The Bertz CT molecular complexity index is 819. The minimum absolute atomic E-state index is 0.0332. The molecule has 1 N–H and O–H groups in total. The van der Waals surface area contributed by atoms with Crippen LogP contribution in [0, 0.1) is 17.0 Å². The molecule has 6 nitrogen and oxygen atoms in total. The number of nitro groups is 1. The number of benzene rings is 2. The molecule has 0 fully saturated rings. The summed E-state index contributed by atoms with van der Waals surface area (Å²) in [6.07, 6.45) is 1.01. The van der Waals surface area contributed by atoms with Gasteiger partial charge in [0.05, 0.1) is 4.92 Å². The van der Waals surface area contributed by atoms with E-state index in [9.17, 15) is 14.9 Å². The molecule has 2 aromatic carbocycles. The van der Waals surface area contributed by atoms with Crippen LogP contribution < -0.4 is 10.2 Å². The Kier molecular flexibility index (Phi) is 4.70. The average Bonchev–Trinajstić information content (AvgIpc) is 3.03. The minimum atomic E-state index is -0.462. The summed E-state index contributed by atoms with van der Waals surface area (Å²) in [7, 11) is 0. The molecule has 0 spiro atoms. The molecule has 25 heavy (non-hydrogen) atoms. The maximum atomic E-state index is 12.5. The van der Waals surface area contributed by atoms with Crippen molar-refractivity contribution in [3.8, 4) is 0 Å². The van der Waals surface area contributed by atoms with E-state index < -0.39 is 4.92 Å². The Morgan fingerprint density at radius 2 is 2.04 bits per heavy atom. The number of hydrogen-bond acceptors (Lipinski definition) is 4. The number of hydrogen-bond donors (Lipinski definition) is 1. The van der Waals surface area contributed by atoms with Gasteiger partial charge in [-0.1, -0.05) is 24.3 Å². The van der Waals surface area contributed by atoms with Crippen LogP contribution in [-0.2, 0) is 6.42 Å². The summed E-state index contributed by atoms with van der Waals surface area (Å²) in [5, 5.41) is 13.9. The van der Waals surface area contributed by atoms with Crippen LogP contribution >= 0.6 is 0 Å². The lowest BCUT2D eigenvalue weighted by Crippen LogP contribution is -2.41. The molecule has 2 aromatic rings. The summed E-state index contributed by atoms with van der Waals surface area (Å²) in [5.41, 5.74) is 3.26. The molecule has 0 aromatic heterocycles. The maximum Gasteiger partial charge on any atom is 0.273 e. The van der Waals surface area contributed by atoms with Gasteiger partial charge in [0.1, 0.15) is 0 Å². The normalized spacial score (nSPS) is 14.1. The van der Waals surface area contributed by atoms with Gasteiger partial charge < -0.3 is 10.2 Å². The zero-order chi connectivity index (χ0) is 18.0. The number of amides is 1. The molecule has 1 aliphatic heterocycles. The largest absolute Gasteiger partial charge is 0.366 e. The molecule has 0 unspecified atom stereocenters. The van der Waals surface area contributed by atoms with E-state index in [4.69, 9.17) is 0 Å². The SMILES string of the molecule is Cc1c(C(=O)NC[C@@H](C)N2CCc3ccccc32)cccc1[N+](=O)[O-]. The smallest absolute Gasteiger partial charge is 0.273 e. The van der Waals surface area contributed by atoms with Crippen molar-refractivity contribution in [3.05, 3.63) is 69.3 Å². The van der Waals surface area contributed by atoms with E-state index in [1.54, 1.807) is 19.1 Å². The second-order valence-corrected chi connectivity index (χ2v) is 6.34. The number of para-hydroxylation sites is 1. The summed E-state index contributed by atoms with van der Waals surface area (Å²) >= 11 is 0. The van der Waals surface area contributed by atoms with Crippen LogP contribution in [0.5, 0.6) is 0 Å². The molecule has 3 rings (SSSR count). The van der Waals surface area contributed by atoms with E-state index in [0.29, 0.717) is 17.7 Å². The minimum Gasteiger partial charge on any atom is -0.366 e. The molecule has 0 radical (unpaired) electrons. The van der Waals surface area contributed by atoms with Crippen molar-refractivity contribution >= 4 is 17.3 Å². The Morgan fingerprint density at radius 3 is 2.80 bits per heavy atom. The highest BCUT2D eigenvalue weighted by Gasteiger charge is 2.24. The quantitative estimate of drug-likeness (QED) is 0.671. The molecule has 0 saturated heterocycles. The van der Waals surface area contributed by atoms with Crippen LogP contribution in [0.4, 0.5) is 11.4 Å². The number of rotatable bonds is 5. The van der Waals surface area contributed by atoms with Gasteiger partial charge >= 0.3 is 0 Å². The van der Waals surface area contributed by atoms with Gasteiger partial charge in [-0.2, -0.15) is 0 Å². The molecule has 1 aliphatic rings. The fraction of sp³-hybridized carbons (Fsp3) is 0.316. The fourth-order valence-electron chi connectivity index (χ4n) is 3.33. The lowest BCUT2D eigenvalue weighted by atomic mass is 10.1. The number of nitro benzene ring substituents is 1. The van der Waals surface area contributed by atoms with Crippen LogP contribution in [0.1, 0.15) is 28.4 Å². The van der Waals surface area contributed by atoms with Crippen LogP contribution in [0.25, 0.3) is 0 Å². The molecule has 0 aliphatic carbocycles. The molecule has 1 heterocycles. The second kappa shape index (κ2) is 6.93. The zero-order valence-corrected chi connectivity index (χ0v) is 14.4. The lowest BCUT2D eigenvalue weighted by molar-refractivity contribution is -0.385. The Balaban J connectivity index is 1.67. The monoisotopic (exact) mass is 339 g/mol. The van der Waals surface area contributed by atoms with Gasteiger partial charge in [0, 0.05) is 42.0 Å². The van der Waals surface area contributed by atoms with Gasteiger partial charge in [-0.3, -0.25) is 14.9 Å². The van der Waals surface area contributed by atoms with Crippen LogP contribution in [0.15, 0.2) is 42.5 Å². The van der Waals surface area contributed by atoms with Gasteiger partial charge in [0.2, 0.25) is 0 Å². The number of fused-ring (bicyclic) bond motifs is 1. The number of carbonyl (C=O) groups excluding carboxylic acids is 1. The van der Waals surface area contributed by atoms with Crippen LogP contribution in [0.2, 0.25) is 0 Å². The van der Waals surface area contributed by atoms with Gasteiger partial charge in [-0.05, 0) is 38.0 Å². The standard InChI is InChI=1S/C19H21N3O3/c1-13(21-11-10-15-6-3-4-8-18(15)21)12-20-19(23)16-7-5-9-17(14(16)2)22(24)25/h3-9,13H,10-12H2,1-2H3,(H,20,23)/t13-/m1/s1. The summed E-state index contributed by atoms with van der Waals surface area (Å²) in [4.78, 5) is 25.3. The van der Waals surface area contributed by atoms with Crippen molar-refractivity contribution < 1.29 is 9.72 Å². The van der Waals surface area contributed by atoms with Gasteiger partial charge in [-0.25, -0.2) is 0 Å². The van der Waals surface area contributed by atoms with Crippen LogP contribution in [-0.4, -0.2) is 30.0 Å². The zero-order valence-electron chi connectivity index (χ0n) is 14.4. The molecule has 0 bridgehead atoms. The maximum absolute atomic E-state index is 12.5. The average molecular weight is 339 g/mol. The number of anilines is 1.